The maximum atomic E-state index is 13.5. The number of hydrogen-bond donors (Lipinski definition) is 0. The number of halogens is 3. The van der Waals surface area contributed by atoms with Gasteiger partial charge in [0.1, 0.15) is 5.92 Å². The van der Waals surface area contributed by atoms with E-state index in [2.05, 4.69) is 0 Å². The molecule has 0 spiro atoms. The summed E-state index contributed by atoms with van der Waals surface area (Å²) in [5, 5.41) is 2.82. The van der Waals surface area contributed by atoms with Crippen molar-refractivity contribution < 1.29 is 14.4 Å². The van der Waals surface area contributed by atoms with E-state index in [1.165, 1.54) is 6.07 Å². The molecule has 2 aliphatic heterocycles. The maximum Gasteiger partial charge on any atom is 0.266 e. The number of hydrogen-bond acceptors (Lipinski definition) is 4. The maximum absolute atomic E-state index is 13.5. The average Bonchev–Trinajstić information content (AvgIpc) is 3.28. The smallest absolute Gasteiger partial charge is 0.266 e. The van der Waals surface area contributed by atoms with Crippen molar-refractivity contribution in [1.82, 2.24) is 0 Å². The number of rotatable bonds is 3. The topological polar surface area (TPSA) is 49.9 Å². The number of benzene rings is 3. The number of amides is 2. The molecule has 0 N–H and O–H groups in total. The minimum atomic E-state index is -0.956. The average molecular weight is 474 g/mol. The van der Waals surface area contributed by atoms with Gasteiger partial charge in [-0.15, -0.1) is 0 Å². The number of para-hydroxylation sites is 1. The molecule has 0 aliphatic carbocycles. The van der Waals surface area contributed by atoms with E-state index in [0.717, 1.165) is 16.2 Å². The Balaban J connectivity index is 1.58. The standard InChI is InChI=1S/C23H15Cl3N2O3/c24-14-8-6-13(7-9-14)20-19-21(31-28(20)15-4-2-1-3-5-15)23(30)27(22(19)29)16-10-11-17(25)18(26)12-16/h1-12,19-21H/t19-,20-,21-/m1/s1. The van der Waals surface area contributed by atoms with Crippen molar-refractivity contribution in [1.29, 1.82) is 0 Å². The van der Waals surface area contributed by atoms with Gasteiger partial charge in [0.05, 0.1) is 27.5 Å². The molecule has 8 heteroatoms. The summed E-state index contributed by atoms with van der Waals surface area (Å²) in [7, 11) is 0. The van der Waals surface area contributed by atoms with E-state index < -0.39 is 24.0 Å². The van der Waals surface area contributed by atoms with Crippen molar-refractivity contribution in [3.8, 4) is 0 Å². The molecule has 2 heterocycles. The van der Waals surface area contributed by atoms with Gasteiger partial charge in [-0.1, -0.05) is 65.1 Å². The lowest BCUT2D eigenvalue weighted by Gasteiger charge is -2.28. The summed E-state index contributed by atoms with van der Waals surface area (Å²) < 4.78 is 0. The van der Waals surface area contributed by atoms with Crippen molar-refractivity contribution in [2.45, 2.75) is 12.1 Å². The van der Waals surface area contributed by atoms with Crippen LogP contribution in [-0.4, -0.2) is 17.9 Å². The predicted octanol–water partition coefficient (Wildman–Crippen LogP) is 5.70. The number of carbonyl (C=O) groups excluding carboxylic acids is 2. The second-order valence-electron chi connectivity index (χ2n) is 7.32. The van der Waals surface area contributed by atoms with Gasteiger partial charge in [-0.3, -0.25) is 14.4 Å². The van der Waals surface area contributed by atoms with Crippen molar-refractivity contribution in [3.05, 3.63) is 93.4 Å². The molecule has 0 saturated carbocycles. The van der Waals surface area contributed by atoms with Gasteiger partial charge in [-0.2, -0.15) is 0 Å². The fourth-order valence-corrected chi connectivity index (χ4v) is 4.51. The zero-order valence-electron chi connectivity index (χ0n) is 15.9. The molecule has 5 rings (SSSR count). The largest absolute Gasteiger partial charge is 0.273 e. The first-order valence-corrected chi connectivity index (χ1v) is 10.7. The Hall–Kier alpha value is -2.57. The van der Waals surface area contributed by atoms with Crippen LogP contribution in [0.5, 0.6) is 0 Å². The molecule has 2 amide bonds. The molecule has 3 atom stereocenters. The van der Waals surface area contributed by atoms with Gasteiger partial charge in [0.15, 0.2) is 6.10 Å². The van der Waals surface area contributed by atoms with E-state index in [1.807, 2.05) is 42.5 Å². The normalized spacial score (nSPS) is 22.9. The first kappa shape index (κ1) is 20.3. The molecule has 2 aliphatic rings. The molecule has 156 valence electrons. The van der Waals surface area contributed by atoms with E-state index in [-0.39, 0.29) is 10.9 Å². The highest BCUT2D eigenvalue weighted by Crippen LogP contribution is 2.48. The van der Waals surface area contributed by atoms with Gasteiger partial charge in [0.2, 0.25) is 5.91 Å². The van der Waals surface area contributed by atoms with E-state index in [4.69, 9.17) is 39.6 Å². The summed E-state index contributed by atoms with van der Waals surface area (Å²) in [5.41, 5.74) is 1.93. The lowest BCUT2D eigenvalue weighted by atomic mass is 9.90. The molecule has 3 aromatic carbocycles. The molecular formula is C23H15Cl3N2O3. The van der Waals surface area contributed by atoms with Crippen molar-refractivity contribution in [2.24, 2.45) is 5.92 Å². The quantitative estimate of drug-likeness (QED) is 0.458. The van der Waals surface area contributed by atoms with Crippen LogP contribution in [0.1, 0.15) is 11.6 Å². The van der Waals surface area contributed by atoms with Gasteiger partial charge in [0, 0.05) is 5.02 Å². The van der Waals surface area contributed by atoms with E-state index in [1.54, 1.807) is 29.3 Å². The molecule has 0 bridgehead atoms. The second kappa shape index (κ2) is 7.84. The molecule has 3 aromatic rings. The minimum Gasteiger partial charge on any atom is -0.273 e. The lowest BCUT2D eigenvalue weighted by molar-refractivity contribution is -0.126. The van der Waals surface area contributed by atoms with Gasteiger partial charge >= 0.3 is 0 Å². The zero-order chi connectivity index (χ0) is 21.7. The van der Waals surface area contributed by atoms with Gasteiger partial charge in [0.25, 0.3) is 5.91 Å². The van der Waals surface area contributed by atoms with E-state index >= 15 is 0 Å². The Kier molecular flexibility index (Phi) is 5.15. The molecule has 5 nitrogen and oxygen atoms in total. The predicted molar refractivity (Wildman–Crippen MR) is 120 cm³/mol. The lowest BCUT2D eigenvalue weighted by Crippen LogP contribution is -2.37. The summed E-state index contributed by atoms with van der Waals surface area (Å²) in [6, 6.07) is 20.7. The Morgan fingerprint density at radius 2 is 1.45 bits per heavy atom. The SMILES string of the molecule is O=C1[C@@H]2[C@@H](c3ccc(Cl)cc3)N(c3ccccc3)O[C@H]2C(=O)N1c1ccc(Cl)c(Cl)c1. The first-order chi connectivity index (χ1) is 15.0. The summed E-state index contributed by atoms with van der Waals surface area (Å²) in [6.45, 7) is 0. The second-order valence-corrected chi connectivity index (χ2v) is 8.57. The number of hydroxylamine groups is 1. The van der Waals surface area contributed by atoms with E-state index in [0.29, 0.717) is 15.7 Å². The highest BCUT2D eigenvalue weighted by atomic mass is 35.5. The van der Waals surface area contributed by atoms with E-state index in [9.17, 15) is 9.59 Å². The number of nitrogens with zero attached hydrogens (tertiary/aromatic N) is 2. The van der Waals surface area contributed by atoms with Crippen LogP contribution in [-0.2, 0) is 14.4 Å². The highest BCUT2D eigenvalue weighted by Gasteiger charge is 2.60. The van der Waals surface area contributed by atoms with Gasteiger partial charge in [-0.05, 0) is 48.0 Å². The number of carbonyl (C=O) groups is 2. The Bertz CT molecular complexity index is 1170. The van der Waals surface area contributed by atoms with Gasteiger partial charge < -0.3 is 0 Å². The Labute approximate surface area is 193 Å². The fraction of sp³-hybridized carbons (Fsp3) is 0.130. The fourth-order valence-electron chi connectivity index (χ4n) is 4.09. The molecular weight excluding hydrogens is 459 g/mol. The Morgan fingerprint density at radius 3 is 2.13 bits per heavy atom. The number of anilines is 2. The van der Waals surface area contributed by atoms with Gasteiger partial charge in [-0.25, -0.2) is 9.96 Å². The van der Waals surface area contributed by atoms with Crippen LogP contribution in [0.15, 0.2) is 72.8 Å². The van der Waals surface area contributed by atoms with Crippen molar-refractivity contribution in [2.75, 3.05) is 9.96 Å². The first-order valence-electron chi connectivity index (χ1n) is 9.55. The van der Waals surface area contributed by atoms with Crippen LogP contribution in [0.2, 0.25) is 15.1 Å². The third-order valence-corrected chi connectivity index (χ3v) is 6.49. The summed E-state index contributed by atoms with van der Waals surface area (Å²) in [4.78, 5) is 34.0. The monoisotopic (exact) mass is 472 g/mol. The molecule has 31 heavy (non-hydrogen) atoms. The van der Waals surface area contributed by atoms with Crippen LogP contribution in [0, 0.1) is 5.92 Å². The molecule has 2 saturated heterocycles. The van der Waals surface area contributed by atoms with Crippen molar-refractivity contribution in [3.63, 3.8) is 0 Å². The molecule has 2 fully saturated rings. The van der Waals surface area contributed by atoms with Crippen molar-refractivity contribution >= 4 is 58.0 Å². The minimum absolute atomic E-state index is 0.262. The summed E-state index contributed by atoms with van der Waals surface area (Å²) in [5.74, 6) is -1.53. The molecule has 0 radical (unpaired) electrons. The number of imide groups is 1. The van der Waals surface area contributed by atoms with Crippen LogP contribution < -0.4 is 9.96 Å². The highest BCUT2D eigenvalue weighted by molar-refractivity contribution is 6.42. The summed E-state index contributed by atoms with van der Waals surface area (Å²) in [6.07, 6.45) is -0.956. The Morgan fingerprint density at radius 1 is 0.742 bits per heavy atom. The third-order valence-electron chi connectivity index (χ3n) is 5.50. The number of fused-ring (bicyclic) bond motifs is 1. The van der Waals surface area contributed by atoms with Crippen LogP contribution >= 0.6 is 34.8 Å². The van der Waals surface area contributed by atoms with Crippen LogP contribution in [0.25, 0.3) is 0 Å². The molecule has 0 unspecified atom stereocenters. The molecule has 0 aromatic heterocycles. The zero-order valence-corrected chi connectivity index (χ0v) is 18.2. The van der Waals surface area contributed by atoms with Crippen LogP contribution in [0.3, 0.4) is 0 Å². The summed E-state index contributed by atoms with van der Waals surface area (Å²) >= 11 is 18.2. The third kappa shape index (κ3) is 3.38. The van der Waals surface area contributed by atoms with Crippen LogP contribution in [0.4, 0.5) is 11.4 Å².